The van der Waals surface area contributed by atoms with Crippen molar-refractivity contribution in [3.8, 4) is 23.0 Å². The second-order valence-corrected chi connectivity index (χ2v) is 9.48. The third-order valence-electron chi connectivity index (χ3n) is 6.36. The van der Waals surface area contributed by atoms with Gasteiger partial charge in [-0.2, -0.15) is 0 Å². The molecule has 3 aromatic carbocycles. The Kier molecular flexibility index (Phi) is 9.94. The highest BCUT2D eigenvalue weighted by atomic mass is 35.5. The first kappa shape index (κ1) is 27.1. The number of aliphatic hydroxyl groups excluding tert-OH is 1. The van der Waals surface area contributed by atoms with E-state index in [9.17, 15) is 5.11 Å². The highest BCUT2D eigenvalue weighted by Gasteiger charge is 2.34. The van der Waals surface area contributed by atoms with Crippen molar-refractivity contribution in [2.45, 2.75) is 44.3 Å². The van der Waals surface area contributed by atoms with E-state index in [0.717, 1.165) is 47.5 Å². The van der Waals surface area contributed by atoms with Crippen LogP contribution in [0.4, 0.5) is 0 Å². The average Bonchev–Trinajstić information content (AvgIpc) is 2.91. The molecule has 1 heterocycles. The van der Waals surface area contributed by atoms with Crippen LogP contribution < -0.4 is 18.9 Å². The Labute approximate surface area is 224 Å². The van der Waals surface area contributed by atoms with Gasteiger partial charge in [0.25, 0.3) is 0 Å². The van der Waals surface area contributed by atoms with Gasteiger partial charge in [0, 0.05) is 36.5 Å². The SMILES string of the molecule is COCOc1ccc2c(c1)OCC(c1ccc(OC(C)O)cc1)C2c1cccc(OCCCCCCl)c1. The van der Waals surface area contributed by atoms with Crippen molar-refractivity contribution >= 4 is 11.6 Å². The zero-order valence-electron chi connectivity index (χ0n) is 21.4. The van der Waals surface area contributed by atoms with Gasteiger partial charge in [0.2, 0.25) is 0 Å². The van der Waals surface area contributed by atoms with Gasteiger partial charge < -0.3 is 28.8 Å². The number of benzene rings is 3. The monoisotopic (exact) mass is 526 g/mol. The van der Waals surface area contributed by atoms with E-state index in [1.165, 1.54) is 0 Å². The maximum absolute atomic E-state index is 9.55. The van der Waals surface area contributed by atoms with Crippen LogP contribution in [0.3, 0.4) is 0 Å². The van der Waals surface area contributed by atoms with Crippen LogP contribution in [-0.2, 0) is 4.74 Å². The number of hydrogen-bond acceptors (Lipinski definition) is 6. The van der Waals surface area contributed by atoms with Crippen molar-refractivity contribution in [1.82, 2.24) is 0 Å². The molecule has 4 rings (SSSR count). The molecule has 198 valence electrons. The summed E-state index contributed by atoms with van der Waals surface area (Å²) in [5.41, 5.74) is 3.37. The van der Waals surface area contributed by atoms with Gasteiger partial charge in [0.15, 0.2) is 13.1 Å². The molecule has 3 unspecified atom stereocenters. The summed E-state index contributed by atoms with van der Waals surface area (Å²) in [5.74, 6) is 3.78. The summed E-state index contributed by atoms with van der Waals surface area (Å²) >= 11 is 5.79. The summed E-state index contributed by atoms with van der Waals surface area (Å²) in [6.45, 7) is 2.94. The van der Waals surface area contributed by atoms with Gasteiger partial charge >= 0.3 is 0 Å². The molecule has 0 amide bonds. The van der Waals surface area contributed by atoms with E-state index in [-0.39, 0.29) is 18.6 Å². The molecular weight excluding hydrogens is 492 g/mol. The number of unbranched alkanes of at least 4 members (excludes halogenated alkanes) is 2. The van der Waals surface area contributed by atoms with Crippen LogP contribution in [0.25, 0.3) is 0 Å². The third-order valence-corrected chi connectivity index (χ3v) is 6.63. The fourth-order valence-corrected chi connectivity index (χ4v) is 4.85. The minimum absolute atomic E-state index is 0.0450. The molecule has 0 radical (unpaired) electrons. The lowest BCUT2D eigenvalue weighted by Gasteiger charge is -2.35. The Hall–Kier alpha value is -2.93. The fourth-order valence-electron chi connectivity index (χ4n) is 4.66. The van der Waals surface area contributed by atoms with Crippen LogP contribution in [0.5, 0.6) is 23.0 Å². The van der Waals surface area contributed by atoms with E-state index >= 15 is 0 Å². The first-order valence-electron chi connectivity index (χ1n) is 12.7. The van der Waals surface area contributed by atoms with Crippen LogP contribution in [0, 0.1) is 0 Å². The first-order chi connectivity index (χ1) is 18.1. The normalized spacial score (nSPS) is 17.4. The average molecular weight is 527 g/mol. The van der Waals surface area contributed by atoms with Gasteiger partial charge in [-0.05, 0) is 67.6 Å². The van der Waals surface area contributed by atoms with Crippen molar-refractivity contribution in [3.63, 3.8) is 0 Å². The minimum atomic E-state index is -0.865. The molecule has 37 heavy (non-hydrogen) atoms. The summed E-state index contributed by atoms with van der Waals surface area (Å²) in [4.78, 5) is 0. The highest BCUT2D eigenvalue weighted by Crippen LogP contribution is 2.47. The van der Waals surface area contributed by atoms with Gasteiger partial charge in [0.1, 0.15) is 23.0 Å². The number of aliphatic hydroxyl groups is 1. The first-order valence-corrected chi connectivity index (χ1v) is 13.2. The van der Waals surface area contributed by atoms with Crippen LogP contribution in [0.15, 0.2) is 66.7 Å². The van der Waals surface area contributed by atoms with Crippen molar-refractivity contribution in [2.75, 3.05) is 33.0 Å². The molecule has 7 heteroatoms. The Morgan fingerprint density at radius 2 is 1.70 bits per heavy atom. The summed E-state index contributed by atoms with van der Waals surface area (Å²) in [7, 11) is 1.60. The van der Waals surface area contributed by atoms with Crippen molar-refractivity contribution in [3.05, 3.63) is 83.4 Å². The predicted octanol–water partition coefficient (Wildman–Crippen LogP) is 6.48. The molecule has 0 saturated heterocycles. The molecule has 1 N–H and O–H groups in total. The molecule has 3 atom stereocenters. The van der Waals surface area contributed by atoms with Gasteiger partial charge in [0.05, 0.1) is 13.2 Å². The zero-order chi connectivity index (χ0) is 26.0. The predicted molar refractivity (Wildman–Crippen MR) is 144 cm³/mol. The third kappa shape index (κ3) is 7.31. The minimum Gasteiger partial charge on any atom is -0.494 e. The maximum Gasteiger partial charge on any atom is 0.194 e. The molecule has 1 aliphatic rings. The molecular formula is C30H35ClO6. The van der Waals surface area contributed by atoms with Gasteiger partial charge in [-0.15, -0.1) is 11.6 Å². The smallest absolute Gasteiger partial charge is 0.194 e. The van der Waals surface area contributed by atoms with E-state index < -0.39 is 6.29 Å². The molecule has 0 fully saturated rings. The molecule has 1 aliphatic heterocycles. The fraction of sp³-hybridized carbons (Fsp3) is 0.400. The number of hydrogen-bond donors (Lipinski definition) is 1. The van der Waals surface area contributed by atoms with E-state index in [1.54, 1.807) is 14.0 Å². The molecule has 0 bridgehead atoms. The summed E-state index contributed by atoms with van der Waals surface area (Å²) in [6.07, 6.45) is 2.17. The van der Waals surface area contributed by atoms with Crippen molar-refractivity contribution < 1.29 is 28.8 Å². The Balaban J connectivity index is 1.64. The van der Waals surface area contributed by atoms with E-state index in [4.69, 9.17) is 35.3 Å². The maximum atomic E-state index is 9.55. The second-order valence-electron chi connectivity index (χ2n) is 9.10. The Morgan fingerprint density at radius 3 is 2.46 bits per heavy atom. The van der Waals surface area contributed by atoms with Crippen LogP contribution in [0.1, 0.15) is 54.7 Å². The highest BCUT2D eigenvalue weighted by molar-refractivity contribution is 6.17. The van der Waals surface area contributed by atoms with Gasteiger partial charge in [-0.25, -0.2) is 0 Å². The number of rotatable bonds is 13. The Bertz CT molecular complexity index is 1120. The summed E-state index contributed by atoms with van der Waals surface area (Å²) in [6, 6.07) is 22.1. The van der Waals surface area contributed by atoms with Gasteiger partial charge in [-0.1, -0.05) is 30.3 Å². The lowest BCUT2D eigenvalue weighted by molar-refractivity contribution is -0.000319. The lowest BCUT2D eigenvalue weighted by atomic mass is 9.76. The molecule has 0 saturated carbocycles. The van der Waals surface area contributed by atoms with Crippen LogP contribution in [0.2, 0.25) is 0 Å². The number of methoxy groups -OCH3 is 1. The molecule has 0 aliphatic carbocycles. The van der Waals surface area contributed by atoms with Gasteiger partial charge in [-0.3, -0.25) is 0 Å². The topological polar surface area (TPSA) is 66.4 Å². The molecule has 0 spiro atoms. The number of halogens is 1. The van der Waals surface area contributed by atoms with Crippen LogP contribution in [-0.4, -0.2) is 44.4 Å². The standard InChI is InChI=1S/C30H35ClO6/c1-21(32)37-24-11-9-22(10-12-24)28-19-35-29-18-26(36-20-33-2)13-14-27(29)30(28)23-7-6-8-25(17-23)34-16-5-3-4-15-31/h6-14,17-18,21,28,30,32H,3-5,15-16,19-20H2,1-2H3. The number of fused-ring (bicyclic) bond motifs is 1. The summed E-state index contributed by atoms with van der Waals surface area (Å²) in [5, 5.41) is 9.55. The van der Waals surface area contributed by atoms with E-state index in [1.807, 2.05) is 48.5 Å². The largest absolute Gasteiger partial charge is 0.494 e. The molecule has 0 aromatic heterocycles. The summed E-state index contributed by atoms with van der Waals surface area (Å²) < 4.78 is 28.5. The lowest BCUT2D eigenvalue weighted by Crippen LogP contribution is -2.25. The van der Waals surface area contributed by atoms with E-state index in [2.05, 4.69) is 18.2 Å². The number of ether oxygens (including phenoxy) is 5. The number of alkyl halides is 1. The van der Waals surface area contributed by atoms with Crippen molar-refractivity contribution in [2.24, 2.45) is 0 Å². The quantitative estimate of drug-likeness (QED) is 0.156. The van der Waals surface area contributed by atoms with Crippen LogP contribution >= 0.6 is 11.6 Å². The molecule has 3 aromatic rings. The second kappa shape index (κ2) is 13.6. The van der Waals surface area contributed by atoms with Crippen molar-refractivity contribution in [1.29, 1.82) is 0 Å². The zero-order valence-corrected chi connectivity index (χ0v) is 22.2. The molecule has 6 nitrogen and oxygen atoms in total. The Morgan fingerprint density at radius 1 is 0.919 bits per heavy atom. The van der Waals surface area contributed by atoms with E-state index in [0.29, 0.717) is 30.6 Å².